The molecule has 0 aliphatic rings. The molecule has 1 rings (SSSR count). The Morgan fingerprint density at radius 1 is 1.25 bits per heavy atom. The van der Waals surface area contributed by atoms with E-state index in [0.29, 0.717) is 0 Å². The van der Waals surface area contributed by atoms with Gasteiger partial charge in [-0.25, -0.2) is 8.78 Å². The first kappa shape index (κ1) is 15.9. The fourth-order valence-electron chi connectivity index (χ4n) is 1.57. The Balaban J connectivity index is 2.83. The molecule has 7 heteroatoms. The van der Waals surface area contributed by atoms with Crippen LogP contribution in [0.25, 0.3) is 0 Å². The van der Waals surface area contributed by atoms with E-state index >= 15 is 0 Å². The summed E-state index contributed by atoms with van der Waals surface area (Å²) in [4.78, 5) is 23.4. The van der Waals surface area contributed by atoms with Crippen molar-refractivity contribution in [3.8, 4) is 0 Å². The van der Waals surface area contributed by atoms with Gasteiger partial charge >= 0.3 is 0 Å². The number of nitrogens with one attached hydrogen (secondary N) is 2. The van der Waals surface area contributed by atoms with E-state index in [9.17, 15) is 18.4 Å². The van der Waals surface area contributed by atoms with Crippen LogP contribution in [0.2, 0.25) is 0 Å². The minimum atomic E-state index is -1.16. The summed E-state index contributed by atoms with van der Waals surface area (Å²) in [6.45, 7) is 3.31. The molecule has 0 heterocycles. The van der Waals surface area contributed by atoms with Gasteiger partial charge in [-0.1, -0.05) is 0 Å². The van der Waals surface area contributed by atoms with Crippen molar-refractivity contribution < 1.29 is 18.4 Å². The quantitative estimate of drug-likeness (QED) is 0.723. The molecule has 0 saturated heterocycles. The lowest BCUT2D eigenvalue weighted by Gasteiger charge is -2.23. The minimum Gasteiger partial charge on any atom is -0.398 e. The first-order valence-corrected chi connectivity index (χ1v) is 5.94. The van der Waals surface area contributed by atoms with E-state index in [-0.39, 0.29) is 23.7 Å². The number of hydrogen-bond acceptors (Lipinski definition) is 3. The van der Waals surface area contributed by atoms with Crippen molar-refractivity contribution in [2.45, 2.75) is 13.8 Å². The second-order valence-electron chi connectivity index (χ2n) is 5.00. The summed E-state index contributed by atoms with van der Waals surface area (Å²) in [5.41, 5.74) is 4.30. The Morgan fingerprint density at radius 3 is 2.35 bits per heavy atom. The van der Waals surface area contributed by atoms with Crippen molar-refractivity contribution in [3.05, 3.63) is 29.3 Å². The average Bonchev–Trinajstić information content (AvgIpc) is 2.39. The number of halogens is 2. The van der Waals surface area contributed by atoms with E-state index in [0.717, 1.165) is 12.1 Å². The first-order valence-electron chi connectivity index (χ1n) is 5.94. The van der Waals surface area contributed by atoms with E-state index < -0.39 is 23.0 Å². The van der Waals surface area contributed by atoms with E-state index in [4.69, 9.17) is 5.73 Å². The molecule has 0 bridgehead atoms. The van der Waals surface area contributed by atoms with Crippen molar-refractivity contribution in [1.29, 1.82) is 0 Å². The molecular weight excluding hydrogens is 268 g/mol. The number of carbonyl (C=O) groups is 2. The Labute approximate surface area is 115 Å². The zero-order valence-electron chi connectivity index (χ0n) is 11.5. The number of amides is 2. The fourth-order valence-corrected chi connectivity index (χ4v) is 1.57. The third-order valence-corrected chi connectivity index (χ3v) is 2.87. The van der Waals surface area contributed by atoms with Gasteiger partial charge in [-0.15, -0.1) is 0 Å². The van der Waals surface area contributed by atoms with Crippen LogP contribution in [0.1, 0.15) is 24.2 Å². The van der Waals surface area contributed by atoms with Crippen LogP contribution in [0, 0.1) is 17.0 Å². The summed E-state index contributed by atoms with van der Waals surface area (Å²) in [5.74, 6) is -3.20. The number of anilines is 1. The summed E-state index contributed by atoms with van der Waals surface area (Å²) in [6.07, 6.45) is 0. The Kier molecular flexibility index (Phi) is 4.65. The maximum Gasteiger partial charge on any atom is 0.253 e. The van der Waals surface area contributed by atoms with Crippen LogP contribution < -0.4 is 16.4 Å². The monoisotopic (exact) mass is 285 g/mol. The van der Waals surface area contributed by atoms with E-state index in [2.05, 4.69) is 10.6 Å². The van der Waals surface area contributed by atoms with Crippen LogP contribution >= 0.6 is 0 Å². The molecule has 0 saturated carbocycles. The Hall–Kier alpha value is -2.18. The standard InChI is InChI=1S/C13H17F2N3O2/c1-13(2,12(20)17-3)6-18-11(19)7-4-8(14)9(15)5-10(7)16/h4-5H,6,16H2,1-3H3,(H,17,20)(H,18,19). The number of nitrogens with two attached hydrogens (primary N) is 1. The van der Waals surface area contributed by atoms with Crippen LogP contribution in [0.15, 0.2) is 12.1 Å². The number of rotatable bonds is 4. The average molecular weight is 285 g/mol. The molecule has 5 nitrogen and oxygen atoms in total. The van der Waals surface area contributed by atoms with Gasteiger partial charge in [-0.2, -0.15) is 0 Å². The molecule has 4 N–H and O–H groups in total. The van der Waals surface area contributed by atoms with Crippen molar-refractivity contribution in [2.75, 3.05) is 19.3 Å². The highest BCUT2D eigenvalue weighted by Crippen LogP contribution is 2.18. The molecule has 1 aromatic carbocycles. The molecule has 0 aliphatic carbocycles. The lowest BCUT2D eigenvalue weighted by Crippen LogP contribution is -2.43. The molecule has 2 amide bonds. The predicted octanol–water partition coefficient (Wildman–Crippen LogP) is 1.05. The normalized spacial score (nSPS) is 11.1. The van der Waals surface area contributed by atoms with Crippen molar-refractivity contribution >= 4 is 17.5 Å². The van der Waals surface area contributed by atoms with Crippen LogP contribution in [0.5, 0.6) is 0 Å². The zero-order chi connectivity index (χ0) is 15.5. The maximum atomic E-state index is 13.1. The predicted molar refractivity (Wildman–Crippen MR) is 71.0 cm³/mol. The van der Waals surface area contributed by atoms with Crippen LogP contribution in [-0.2, 0) is 4.79 Å². The van der Waals surface area contributed by atoms with Gasteiger partial charge in [0, 0.05) is 25.3 Å². The van der Waals surface area contributed by atoms with E-state index in [1.54, 1.807) is 13.8 Å². The number of hydrogen-bond donors (Lipinski definition) is 3. The van der Waals surface area contributed by atoms with Gasteiger partial charge in [0.1, 0.15) is 0 Å². The largest absolute Gasteiger partial charge is 0.398 e. The van der Waals surface area contributed by atoms with Gasteiger partial charge < -0.3 is 16.4 Å². The second-order valence-corrected chi connectivity index (χ2v) is 5.00. The number of carbonyl (C=O) groups excluding carboxylic acids is 2. The van der Waals surface area contributed by atoms with Gasteiger partial charge in [0.15, 0.2) is 11.6 Å². The smallest absolute Gasteiger partial charge is 0.253 e. The third-order valence-electron chi connectivity index (χ3n) is 2.87. The maximum absolute atomic E-state index is 13.1. The van der Waals surface area contributed by atoms with Gasteiger partial charge in [-0.05, 0) is 19.9 Å². The molecule has 110 valence electrons. The Morgan fingerprint density at radius 2 is 1.80 bits per heavy atom. The van der Waals surface area contributed by atoms with E-state index in [1.165, 1.54) is 7.05 Å². The van der Waals surface area contributed by atoms with Crippen LogP contribution in [-0.4, -0.2) is 25.4 Å². The lowest BCUT2D eigenvalue weighted by molar-refractivity contribution is -0.128. The van der Waals surface area contributed by atoms with Crippen molar-refractivity contribution in [2.24, 2.45) is 5.41 Å². The number of benzene rings is 1. The second kappa shape index (κ2) is 5.85. The highest BCUT2D eigenvalue weighted by Gasteiger charge is 2.27. The van der Waals surface area contributed by atoms with Gasteiger partial charge in [0.2, 0.25) is 5.91 Å². The molecule has 0 radical (unpaired) electrons. The highest BCUT2D eigenvalue weighted by atomic mass is 19.2. The topological polar surface area (TPSA) is 84.2 Å². The van der Waals surface area contributed by atoms with E-state index in [1.807, 2.05) is 0 Å². The van der Waals surface area contributed by atoms with Gasteiger partial charge in [-0.3, -0.25) is 9.59 Å². The zero-order valence-corrected chi connectivity index (χ0v) is 11.5. The summed E-state index contributed by atoms with van der Waals surface area (Å²) in [6, 6.07) is 1.47. The van der Waals surface area contributed by atoms with Crippen LogP contribution in [0.3, 0.4) is 0 Å². The van der Waals surface area contributed by atoms with Crippen LogP contribution in [0.4, 0.5) is 14.5 Å². The molecule has 1 aromatic rings. The Bertz CT molecular complexity index is 545. The molecular formula is C13H17F2N3O2. The molecule has 0 aromatic heterocycles. The summed E-state index contributed by atoms with van der Waals surface area (Å²) >= 11 is 0. The minimum absolute atomic E-state index is 0.0317. The molecule has 20 heavy (non-hydrogen) atoms. The molecule has 0 spiro atoms. The van der Waals surface area contributed by atoms with Gasteiger partial charge in [0.05, 0.1) is 11.0 Å². The highest BCUT2D eigenvalue weighted by molar-refractivity contribution is 5.99. The van der Waals surface area contributed by atoms with Crippen molar-refractivity contribution in [1.82, 2.24) is 10.6 Å². The fraction of sp³-hybridized carbons (Fsp3) is 0.385. The summed E-state index contributed by atoms with van der Waals surface area (Å²) < 4.78 is 26.0. The molecule has 0 fully saturated rings. The molecule has 0 unspecified atom stereocenters. The summed E-state index contributed by atoms with van der Waals surface area (Å²) in [5, 5.41) is 4.95. The third kappa shape index (κ3) is 3.43. The molecule has 0 atom stereocenters. The SMILES string of the molecule is CNC(=O)C(C)(C)CNC(=O)c1cc(F)c(F)cc1N. The molecule has 0 aliphatic heterocycles. The first-order chi connectivity index (χ1) is 9.19. The van der Waals surface area contributed by atoms with Crippen molar-refractivity contribution in [3.63, 3.8) is 0 Å². The lowest BCUT2D eigenvalue weighted by atomic mass is 9.92. The number of nitrogen functional groups attached to an aromatic ring is 1. The summed E-state index contributed by atoms with van der Waals surface area (Å²) in [7, 11) is 1.49. The van der Waals surface area contributed by atoms with Gasteiger partial charge in [0.25, 0.3) is 5.91 Å².